The standard InChI is InChI=1S/C13H9Br2N3O3S/c1-2-22(19,20)10-4-8(15)5-16-11(10)13-18-9-3-7(14)6-17-12(9)21-13/h3-6H,2H2,1H3. The van der Waals surface area contributed by atoms with Gasteiger partial charge in [-0.2, -0.15) is 0 Å². The Balaban J connectivity index is 2.26. The Morgan fingerprint density at radius 1 is 1.14 bits per heavy atom. The van der Waals surface area contributed by atoms with Gasteiger partial charge in [-0.1, -0.05) is 6.92 Å². The summed E-state index contributed by atoms with van der Waals surface area (Å²) >= 11 is 6.54. The molecule has 0 spiro atoms. The highest BCUT2D eigenvalue weighted by atomic mass is 79.9. The zero-order valence-electron chi connectivity index (χ0n) is 11.2. The zero-order chi connectivity index (χ0) is 15.9. The second-order valence-electron chi connectivity index (χ2n) is 4.40. The van der Waals surface area contributed by atoms with Crippen LogP contribution in [0.25, 0.3) is 22.8 Å². The van der Waals surface area contributed by atoms with Gasteiger partial charge in [0.25, 0.3) is 0 Å². The molecule has 0 unspecified atom stereocenters. The van der Waals surface area contributed by atoms with Gasteiger partial charge in [0.15, 0.2) is 9.84 Å². The fourth-order valence-electron chi connectivity index (χ4n) is 1.87. The van der Waals surface area contributed by atoms with E-state index in [9.17, 15) is 8.42 Å². The van der Waals surface area contributed by atoms with Crippen molar-refractivity contribution in [1.29, 1.82) is 0 Å². The Hall–Kier alpha value is -1.32. The summed E-state index contributed by atoms with van der Waals surface area (Å²) in [7, 11) is -3.47. The number of halogens is 2. The van der Waals surface area contributed by atoms with E-state index in [1.54, 1.807) is 19.2 Å². The van der Waals surface area contributed by atoms with Crippen molar-refractivity contribution in [2.45, 2.75) is 11.8 Å². The minimum absolute atomic E-state index is 0.0395. The molecule has 3 aromatic rings. The van der Waals surface area contributed by atoms with Crippen LogP contribution in [0.2, 0.25) is 0 Å². The van der Waals surface area contributed by atoms with E-state index in [-0.39, 0.29) is 22.2 Å². The molecule has 6 nitrogen and oxygen atoms in total. The zero-order valence-corrected chi connectivity index (χ0v) is 15.2. The fraction of sp³-hybridized carbons (Fsp3) is 0.154. The molecule has 0 saturated heterocycles. The van der Waals surface area contributed by atoms with Crippen molar-refractivity contribution < 1.29 is 12.8 Å². The molecule has 114 valence electrons. The molecule has 0 N–H and O–H groups in total. The highest BCUT2D eigenvalue weighted by Crippen LogP contribution is 2.30. The molecule has 0 saturated carbocycles. The molecule has 0 radical (unpaired) electrons. The van der Waals surface area contributed by atoms with E-state index in [2.05, 4.69) is 46.8 Å². The summed E-state index contributed by atoms with van der Waals surface area (Å²) in [4.78, 5) is 12.6. The lowest BCUT2D eigenvalue weighted by atomic mass is 10.3. The number of rotatable bonds is 3. The summed E-state index contributed by atoms with van der Waals surface area (Å²) in [5, 5.41) is 0. The second kappa shape index (κ2) is 5.71. The predicted octanol–water partition coefficient (Wildman–Crippen LogP) is 3.60. The van der Waals surface area contributed by atoms with Crippen LogP contribution in [0, 0.1) is 0 Å². The molecule has 3 rings (SSSR count). The van der Waals surface area contributed by atoms with Crippen LogP contribution in [0.1, 0.15) is 6.92 Å². The van der Waals surface area contributed by atoms with Gasteiger partial charge in [0, 0.05) is 21.3 Å². The normalized spacial score (nSPS) is 12.0. The molecule has 3 heterocycles. The van der Waals surface area contributed by atoms with Crippen molar-refractivity contribution in [1.82, 2.24) is 15.0 Å². The van der Waals surface area contributed by atoms with E-state index in [4.69, 9.17) is 4.42 Å². The maximum absolute atomic E-state index is 12.3. The molecule has 0 fully saturated rings. The SMILES string of the molecule is CCS(=O)(=O)c1cc(Br)cnc1-c1nc2cc(Br)cnc2o1. The van der Waals surface area contributed by atoms with E-state index >= 15 is 0 Å². The van der Waals surface area contributed by atoms with Gasteiger partial charge in [0.1, 0.15) is 11.2 Å². The van der Waals surface area contributed by atoms with E-state index in [0.717, 1.165) is 4.47 Å². The molecule has 22 heavy (non-hydrogen) atoms. The smallest absolute Gasteiger partial charge is 0.249 e. The molecule has 3 aromatic heterocycles. The lowest BCUT2D eigenvalue weighted by Crippen LogP contribution is -2.07. The van der Waals surface area contributed by atoms with Gasteiger partial charge < -0.3 is 4.42 Å². The average molecular weight is 447 g/mol. The summed E-state index contributed by atoms with van der Waals surface area (Å²) in [5.41, 5.74) is 1.02. The molecule has 0 atom stereocenters. The van der Waals surface area contributed by atoms with Crippen LogP contribution in [0.5, 0.6) is 0 Å². The van der Waals surface area contributed by atoms with Crippen LogP contribution in [0.3, 0.4) is 0 Å². The molecule has 9 heteroatoms. The summed E-state index contributed by atoms with van der Waals surface area (Å²) in [5.74, 6) is 0.0856. The van der Waals surface area contributed by atoms with Crippen molar-refractivity contribution in [3.05, 3.63) is 33.5 Å². The summed E-state index contributed by atoms with van der Waals surface area (Å²) < 4.78 is 31.4. The van der Waals surface area contributed by atoms with E-state index in [0.29, 0.717) is 15.7 Å². The van der Waals surface area contributed by atoms with Crippen LogP contribution in [0.4, 0.5) is 0 Å². The molecule has 0 bridgehead atoms. The first-order valence-electron chi connectivity index (χ1n) is 6.21. The van der Waals surface area contributed by atoms with Crippen molar-refractivity contribution in [3.8, 4) is 11.6 Å². The van der Waals surface area contributed by atoms with Crippen LogP contribution in [-0.4, -0.2) is 29.1 Å². The molecular weight excluding hydrogens is 438 g/mol. The van der Waals surface area contributed by atoms with Gasteiger partial charge in [-0.3, -0.25) is 0 Å². The Kier molecular flexibility index (Phi) is 4.04. The Labute approximate surface area is 143 Å². The molecule has 0 aromatic carbocycles. The number of pyridine rings is 2. The fourth-order valence-corrected chi connectivity index (χ4v) is 3.73. The van der Waals surface area contributed by atoms with Crippen LogP contribution >= 0.6 is 31.9 Å². The largest absolute Gasteiger partial charge is 0.416 e. The van der Waals surface area contributed by atoms with Gasteiger partial charge in [0.05, 0.1) is 10.6 Å². The number of aromatic nitrogens is 3. The van der Waals surface area contributed by atoms with Crippen molar-refractivity contribution in [2.24, 2.45) is 0 Å². The Bertz CT molecular complexity index is 970. The first-order valence-corrected chi connectivity index (χ1v) is 9.45. The quantitative estimate of drug-likeness (QED) is 0.610. The molecular formula is C13H9Br2N3O3S. The summed E-state index contributed by atoms with van der Waals surface area (Å²) in [6.45, 7) is 1.57. The van der Waals surface area contributed by atoms with Crippen molar-refractivity contribution >= 4 is 52.9 Å². The van der Waals surface area contributed by atoms with Crippen LogP contribution in [-0.2, 0) is 9.84 Å². The highest BCUT2D eigenvalue weighted by molar-refractivity contribution is 9.10. The predicted molar refractivity (Wildman–Crippen MR) is 88.2 cm³/mol. The van der Waals surface area contributed by atoms with Crippen molar-refractivity contribution in [2.75, 3.05) is 5.75 Å². The van der Waals surface area contributed by atoms with Gasteiger partial charge in [0.2, 0.25) is 11.6 Å². The number of hydrogen-bond donors (Lipinski definition) is 0. The number of nitrogens with zero attached hydrogens (tertiary/aromatic N) is 3. The third kappa shape index (κ3) is 2.80. The first kappa shape index (κ1) is 15.6. The van der Waals surface area contributed by atoms with Gasteiger partial charge in [-0.05, 0) is 44.0 Å². The highest BCUT2D eigenvalue weighted by Gasteiger charge is 2.23. The van der Waals surface area contributed by atoms with E-state index in [1.807, 2.05) is 0 Å². The van der Waals surface area contributed by atoms with Crippen LogP contribution in [0.15, 0.2) is 42.8 Å². The summed E-state index contributed by atoms with van der Waals surface area (Å²) in [6, 6.07) is 3.24. The molecule has 0 amide bonds. The number of hydrogen-bond acceptors (Lipinski definition) is 6. The number of oxazole rings is 1. The molecule has 0 aliphatic rings. The van der Waals surface area contributed by atoms with E-state index < -0.39 is 9.84 Å². The first-order chi connectivity index (χ1) is 10.4. The molecule has 0 aliphatic heterocycles. The lowest BCUT2D eigenvalue weighted by molar-refractivity contribution is 0.589. The van der Waals surface area contributed by atoms with E-state index in [1.165, 1.54) is 12.3 Å². The van der Waals surface area contributed by atoms with Crippen LogP contribution < -0.4 is 0 Å². The van der Waals surface area contributed by atoms with Gasteiger partial charge in [-0.15, -0.1) is 0 Å². The Morgan fingerprint density at radius 2 is 1.82 bits per heavy atom. The third-order valence-electron chi connectivity index (χ3n) is 2.95. The molecule has 0 aliphatic carbocycles. The maximum atomic E-state index is 12.3. The maximum Gasteiger partial charge on any atom is 0.249 e. The lowest BCUT2D eigenvalue weighted by Gasteiger charge is -2.05. The minimum Gasteiger partial charge on any atom is -0.416 e. The number of fused-ring (bicyclic) bond motifs is 1. The number of sulfone groups is 1. The van der Waals surface area contributed by atoms with Crippen molar-refractivity contribution in [3.63, 3.8) is 0 Å². The average Bonchev–Trinajstić information content (AvgIpc) is 2.89. The monoisotopic (exact) mass is 445 g/mol. The topological polar surface area (TPSA) is 86.0 Å². The second-order valence-corrected chi connectivity index (χ2v) is 8.48. The minimum atomic E-state index is -3.47. The summed E-state index contributed by atoms with van der Waals surface area (Å²) in [6.07, 6.45) is 3.08. The van der Waals surface area contributed by atoms with Gasteiger partial charge >= 0.3 is 0 Å². The third-order valence-corrected chi connectivity index (χ3v) is 5.56. The Morgan fingerprint density at radius 3 is 2.55 bits per heavy atom. The van der Waals surface area contributed by atoms with Gasteiger partial charge in [-0.25, -0.2) is 23.4 Å².